The van der Waals surface area contributed by atoms with Crippen molar-refractivity contribution in [2.45, 2.75) is 32.6 Å². The molecule has 0 bridgehead atoms. The molecule has 2 aromatic rings. The summed E-state index contributed by atoms with van der Waals surface area (Å²) in [6, 6.07) is 6.52. The average molecular weight is 362 g/mol. The number of aromatic nitrogens is 1. The van der Waals surface area contributed by atoms with Crippen molar-refractivity contribution >= 4 is 32.6 Å². The van der Waals surface area contributed by atoms with Crippen LogP contribution in [-0.2, 0) is 16.0 Å². The van der Waals surface area contributed by atoms with E-state index in [-0.39, 0.29) is 11.8 Å². The molecule has 6 heteroatoms. The van der Waals surface area contributed by atoms with Crippen LogP contribution in [0.3, 0.4) is 0 Å². The number of amides is 1. The Kier molecular flexibility index (Phi) is 6.26. The second-order valence-corrected chi connectivity index (χ2v) is 7.56. The van der Waals surface area contributed by atoms with Gasteiger partial charge in [0.1, 0.15) is 0 Å². The van der Waals surface area contributed by atoms with Gasteiger partial charge < -0.3 is 15.0 Å². The lowest BCUT2D eigenvalue weighted by molar-refractivity contribution is -0.125. The first-order valence-corrected chi connectivity index (χ1v) is 9.94. The van der Waals surface area contributed by atoms with Gasteiger partial charge in [0.15, 0.2) is 5.13 Å². The summed E-state index contributed by atoms with van der Waals surface area (Å²) >= 11 is 1.76. The van der Waals surface area contributed by atoms with E-state index in [1.54, 1.807) is 18.4 Å². The number of anilines is 1. The van der Waals surface area contributed by atoms with Gasteiger partial charge in [-0.05, 0) is 43.4 Å². The fourth-order valence-electron chi connectivity index (χ4n) is 3.22. The summed E-state index contributed by atoms with van der Waals surface area (Å²) in [5.41, 5.74) is 2.43. The molecule has 25 heavy (non-hydrogen) atoms. The van der Waals surface area contributed by atoms with Crippen LogP contribution in [0, 0.1) is 5.92 Å². The van der Waals surface area contributed by atoms with E-state index >= 15 is 0 Å². The zero-order valence-corrected chi connectivity index (χ0v) is 15.9. The normalized spacial score (nSPS) is 15.7. The van der Waals surface area contributed by atoms with E-state index in [4.69, 9.17) is 9.72 Å². The molecule has 0 aliphatic carbocycles. The van der Waals surface area contributed by atoms with Gasteiger partial charge in [0.25, 0.3) is 0 Å². The van der Waals surface area contributed by atoms with E-state index in [1.807, 2.05) is 0 Å². The van der Waals surface area contributed by atoms with Crippen LogP contribution in [0.5, 0.6) is 0 Å². The maximum absolute atomic E-state index is 12.2. The third-order valence-electron chi connectivity index (χ3n) is 4.81. The molecule has 0 radical (unpaired) electrons. The Morgan fingerprint density at radius 3 is 2.92 bits per heavy atom. The zero-order chi connectivity index (χ0) is 17.6. The number of nitrogens with zero attached hydrogens (tertiary/aromatic N) is 2. The minimum atomic E-state index is 0.125. The van der Waals surface area contributed by atoms with Gasteiger partial charge in [0.05, 0.1) is 10.2 Å². The minimum Gasteiger partial charge on any atom is -0.385 e. The SMILES string of the molecule is CCc1ccc2nc(N3CCC(C(=O)NCCCOC)CC3)sc2c1. The molecule has 1 aromatic heterocycles. The number of methoxy groups -OCH3 is 1. The number of ether oxygens (including phenoxy) is 1. The molecule has 136 valence electrons. The molecule has 1 fully saturated rings. The standard InChI is InChI=1S/C19H27N3O2S/c1-3-14-5-6-16-17(13-14)25-19(21-16)22-10-7-15(8-11-22)18(23)20-9-4-12-24-2/h5-6,13,15H,3-4,7-12H2,1-2H3,(H,20,23). The fourth-order valence-corrected chi connectivity index (χ4v) is 4.30. The van der Waals surface area contributed by atoms with Gasteiger partial charge in [0, 0.05) is 39.3 Å². The number of rotatable bonds is 7. The molecule has 1 aromatic carbocycles. The van der Waals surface area contributed by atoms with Crippen molar-refractivity contribution in [3.8, 4) is 0 Å². The first-order valence-electron chi connectivity index (χ1n) is 9.12. The van der Waals surface area contributed by atoms with Crippen LogP contribution in [0.15, 0.2) is 18.2 Å². The summed E-state index contributed by atoms with van der Waals surface area (Å²) in [5.74, 6) is 0.313. The van der Waals surface area contributed by atoms with Crippen molar-refractivity contribution in [1.29, 1.82) is 0 Å². The van der Waals surface area contributed by atoms with Crippen molar-refractivity contribution < 1.29 is 9.53 Å². The van der Waals surface area contributed by atoms with Gasteiger partial charge in [0.2, 0.25) is 5.91 Å². The van der Waals surface area contributed by atoms with E-state index in [0.29, 0.717) is 13.2 Å². The Balaban J connectivity index is 1.54. The molecule has 1 aliphatic heterocycles. The quantitative estimate of drug-likeness (QED) is 0.770. The molecule has 1 saturated heterocycles. The molecular formula is C19H27N3O2S. The van der Waals surface area contributed by atoms with Gasteiger partial charge in [-0.3, -0.25) is 4.79 Å². The average Bonchev–Trinajstić information content (AvgIpc) is 3.08. The van der Waals surface area contributed by atoms with Crippen LogP contribution in [0.1, 0.15) is 31.7 Å². The number of carbonyl (C=O) groups is 1. The van der Waals surface area contributed by atoms with Crippen LogP contribution in [-0.4, -0.2) is 44.2 Å². The number of thiazole rings is 1. The maximum Gasteiger partial charge on any atom is 0.223 e. The molecule has 2 heterocycles. The molecule has 0 atom stereocenters. The highest BCUT2D eigenvalue weighted by Gasteiger charge is 2.26. The highest BCUT2D eigenvalue weighted by Crippen LogP contribution is 2.32. The lowest BCUT2D eigenvalue weighted by Crippen LogP contribution is -2.40. The van der Waals surface area contributed by atoms with E-state index in [0.717, 1.165) is 49.4 Å². The van der Waals surface area contributed by atoms with E-state index < -0.39 is 0 Å². The molecule has 1 aliphatic rings. The highest BCUT2D eigenvalue weighted by molar-refractivity contribution is 7.22. The first-order chi connectivity index (χ1) is 12.2. The van der Waals surface area contributed by atoms with Gasteiger partial charge >= 0.3 is 0 Å². The van der Waals surface area contributed by atoms with E-state index in [9.17, 15) is 4.79 Å². The predicted molar refractivity (Wildman–Crippen MR) is 103 cm³/mol. The zero-order valence-electron chi connectivity index (χ0n) is 15.1. The summed E-state index contributed by atoms with van der Waals surface area (Å²) in [5, 5.41) is 4.11. The van der Waals surface area contributed by atoms with Gasteiger partial charge in [-0.25, -0.2) is 4.98 Å². The van der Waals surface area contributed by atoms with Crippen molar-refractivity contribution in [3.63, 3.8) is 0 Å². The fraction of sp³-hybridized carbons (Fsp3) is 0.579. The Hall–Kier alpha value is -1.66. The van der Waals surface area contributed by atoms with Gasteiger partial charge in [-0.15, -0.1) is 0 Å². The molecule has 1 N–H and O–H groups in total. The number of benzene rings is 1. The van der Waals surface area contributed by atoms with Crippen molar-refractivity contribution in [1.82, 2.24) is 10.3 Å². The smallest absolute Gasteiger partial charge is 0.223 e. The molecule has 5 nitrogen and oxygen atoms in total. The largest absolute Gasteiger partial charge is 0.385 e. The maximum atomic E-state index is 12.2. The topological polar surface area (TPSA) is 54.5 Å². The molecule has 1 amide bonds. The molecule has 0 spiro atoms. The summed E-state index contributed by atoms with van der Waals surface area (Å²) in [4.78, 5) is 19.3. The number of carbonyl (C=O) groups excluding carboxylic acids is 1. The third kappa shape index (κ3) is 4.50. The number of aryl methyl sites for hydroxylation is 1. The molecule has 3 rings (SSSR count). The number of hydrogen-bond acceptors (Lipinski definition) is 5. The minimum absolute atomic E-state index is 0.125. The number of piperidine rings is 1. The van der Waals surface area contributed by atoms with E-state index in [2.05, 4.69) is 35.3 Å². The first kappa shape index (κ1) is 18.1. The number of hydrogen-bond donors (Lipinski definition) is 1. The van der Waals surface area contributed by atoms with Crippen LogP contribution in [0.2, 0.25) is 0 Å². The summed E-state index contributed by atoms with van der Waals surface area (Å²) in [7, 11) is 1.68. The molecule has 0 saturated carbocycles. The van der Waals surface area contributed by atoms with Crippen molar-refractivity contribution in [2.75, 3.05) is 38.3 Å². The summed E-state index contributed by atoms with van der Waals surface area (Å²) < 4.78 is 6.26. The van der Waals surface area contributed by atoms with Crippen molar-refractivity contribution in [2.24, 2.45) is 5.92 Å². The van der Waals surface area contributed by atoms with Crippen LogP contribution < -0.4 is 10.2 Å². The van der Waals surface area contributed by atoms with E-state index in [1.165, 1.54) is 10.3 Å². The monoisotopic (exact) mass is 361 g/mol. The van der Waals surface area contributed by atoms with Gasteiger partial charge in [-0.2, -0.15) is 0 Å². The Bertz CT molecular complexity index is 708. The van der Waals surface area contributed by atoms with Crippen molar-refractivity contribution in [3.05, 3.63) is 23.8 Å². The second kappa shape index (κ2) is 8.63. The second-order valence-electron chi connectivity index (χ2n) is 6.55. The Labute approximate surface area is 153 Å². The Morgan fingerprint density at radius 1 is 1.40 bits per heavy atom. The Morgan fingerprint density at radius 2 is 2.20 bits per heavy atom. The molecular weight excluding hydrogens is 334 g/mol. The van der Waals surface area contributed by atoms with Crippen LogP contribution >= 0.6 is 11.3 Å². The molecule has 0 unspecified atom stereocenters. The summed E-state index contributed by atoms with van der Waals surface area (Å²) in [6.45, 7) is 5.36. The lowest BCUT2D eigenvalue weighted by Gasteiger charge is -2.31. The third-order valence-corrected chi connectivity index (χ3v) is 5.89. The number of nitrogens with one attached hydrogen (secondary N) is 1. The predicted octanol–water partition coefficient (Wildman–Crippen LogP) is 3.23. The highest BCUT2D eigenvalue weighted by atomic mass is 32.1. The van der Waals surface area contributed by atoms with Gasteiger partial charge in [-0.1, -0.05) is 24.3 Å². The van der Waals surface area contributed by atoms with Crippen LogP contribution in [0.4, 0.5) is 5.13 Å². The number of fused-ring (bicyclic) bond motifs is 1. The summed E-state index contributed by atoms with van der Waals surface area (Å²) in [6.07, 6.45) is 3.71. The van der Waals surface area contributed by atoms with Crippen LogP contribution in [0.25, 0.3) is 10.2 Å². The lowest BCUT2D eigenvalue weighted by atomic mass is 9.96.